The molecule has 2 N–H and O–H groups in total. The summed E-state index contributed by atoms with van der Waals surface area (Å²) < 4.78 is 35.5. The van der Waals surface area contributed by atoms with E-state index in [-0.39, 0.29) is 17.5 Å². The Morgan fingerprint density at radius 2 is 2.00 bits per heavy atom. The smallest absolute Gasteiger partial charge is 0.295 e. The molecular weight excluding hydrogens is 442 g/mol. The normalized spacial score (nSPS) is 16.3. The molecule has 1 fully saturated rings. The topological polar surface area (TPSA) is 97.5 Å². The monoisotopic (exact) mass is 468 g/mol. The van der Waals surface area contributed by atoms with Gasteiger partial charge in [-0.05, 0) is 50.3 Å². The van der Waals surface area contributed by atoms with Gasteiger partial charge in [0.15, 0.2) is 11.3 Å². The molecule has 34 heavy (non-hydrogen) atoms. The van der Waals surface area contributed by atoms with Gasteiger partial charge >= 0.3 is 0 Å². The third-order valence-electron chi connectivity index (χ3n) is 6.39. The summed E-state index contributed by atoms with van der Waals surface area (Å²) >= 11 is 0. The summed E-state index contributed by atoms with van der Waals surface area (Å²) in [5, 5.41) is 21.7. The highest BCUT2D eigenvalue weighted by Gasteiger charge is 2.31. The van der Waals surface area contributed by atoms with Crippen LogP contribution in [0.5, 0.6) is 0 Å². The Morgan fingerprint density at radius 1 is 1.21 bits per heavy atom. The molecular formula is C24H26F2N6O2. The molecule has 1 aliphatic heterocycles. The van der Waals surface area contributed by atoms with Crippen LogP contribution in [-0.4, -0.2) is 49.5 Å². The first-order valence-corrected chi connectivity index (χ1v) is 11.3. The number of aliphatic hydroxyl groups excluding tert-OH is 1. The maximum absolute atomic E-state index is 14.0. The van der Waals surface area contributed by atoms with Crippen molar-refractivity contribution < 1.29 is 18.6 Å². The standard InChI is InChI=1S/C24H26F2N6O2/c1-14(17-4-3-5-18(10-17)24(25,26)12-33)28-21-20-11-19(16-6-8-34-9-7-16)23-31-27-13-32(23)22(20)30-15(2)29-21/h3-5,10-11,13-14,16,33H,6-9,12H2,1-2H3,(H,28,29,30)/t14-/m1/s1. The third-order valence-corrected chi connectivity index (χ3v) is 6.39. The number of rotatable bonds is 6. The Kier molecular flexibility index (Phi) is 5.86. The minimum atomic E-state index is -3.30. The molecule has 0 aliphatic carbocycles. The van der Waals surface area contributed by atoms with Crippen LogP contribution in [0.4, 0.5) is 14.6 Å². The average Bonchev–Trinajstić information content (AvgIpc) is 3.35. The lowest BCUT2D eigenvalue weighted by molar-refractivity contribution is -0.0556. The molecule has 3 aromatic heterocycles. The number of fused-ring (bicyclic) bond motifs is 3. The van der Waals surface area contributed by atoms with Crippen LogP contribution in [0.2, 0.25) is 0 Å². The summed E-state index contributed by atoms with van der Waals surface area (Å²) in [4.78, 5) is 9.28. The molecule has 10 heteroatoms. The molecule has 1 aliphatic rings. The number of nitrogens with one attached hydrogen (secondary N) is 1. The zero-order valence-corrected chi connectivity index (χ0v) is 19.0. The Labute approximate surface area is 195 Å². The number of aliphatic hydroxyl groups is 1. The molecule has 0 unspecified atom stereocenters. The van der Waals surface area contributed by atoms with Gasteiger partial charge in [-0.25, -0.2) is 9.97 Å². The minimum absolute atomic E-state index is 0.224. The van der Waals surface area contributed by atoms with Crippen molar-refractivity contribution in [2.24, 2.45) is 0 Å². The zero-order chi connectivity index (χ0) is 23.9. The summed E-state index contributed by atoms with van der Waals surface area (Å²) in [7, 11) is 0. The van der Waals surface area contributed by atoms with Gasteiger partial charge in [0.2, 0.25) is 0 Å². The van der Waals surface area contributed by atoms with Crippen molar-refractivity contribution >= 4 is 22.5 Å². The van der Waals surface area contributed by atoms with E-state index in [2.05, 4.69) is 31.5 Å². The van der Waals surface area contributed by atoms with Gasteiger partial charge in [-0.15, -0.1) is 10.2 Å². The van der Waals surface area contributed by atoms with Crippen LogP contribution < -0.4 is 5.32 Å². The molecule has 4 aromatic rings. The van der Waals surface area contributed by atoms with Crippen molar-refractivity contribution in [3.63, 3.8) is 0 Å². The highest BCUT2D eigenvalue weighted by molar-refractivity contribution is 5.90. The van der Waals surface area contributed by atoms with Crippen LogP contribution in [0.25, 0.3) is 16.7 Å². The quantitative estimate of drug-likeness (QED) is 0.439. The first-order chi connectivity index (χ1) is 16.4. The number of aromatic nitrogens is 5. The molecule has 0 radical (unpaired) electrons. The van der Waals surface area contributed by atoms with Crippen molar-refractivity contribution in [1.82, 2.24) is 24.6 Å². The van der Waals surface area contributed by atoms with Gasteiger partial charge in [0, 0.05) is 30.4 Å². The van der Waals surface area contributed by atoms with Crippen LogP contribution in [0.1, 0.15) is 54.2 Å². The van der Waals surface area contributed by atoms with E-state index in [0.717, 1.165) is 29.4 Å². The van der Waals surface area contributed by atoms with E-state index < -0.39 is 12.5 Å². The van der Waals surface area contributed by atoms with E-state index in [1.807, 2.05) is 11.3 Å². The van der Waals surface area contributed by atoms with Crippen molar-refractivity contribution in [3.8, 4) is 0 Å². The number of anilines is 1. The number of benzene rings is 1. The van der Waals surface area contributed by atoms with Gasteiger partial charge < -0.3 is 15.2 Å². The van der Waals surface area contributed by atoms with Gasteiger partial charge in [-0.2, -0.15) is 8.78 Å². The van der Waals surface area contributed by atoms with Crippen molar-refractivity contribution in [1.29, 1.82) is 0 Å². The first kappa shape index (κ1) is 22.5. The Bertz CT molecular complexity index is 1340. The molecule has 8 nitrogen and oxygen atoms in total. The average molecular weight is 469 g/mol. The molecule has 0 amide bonds. The SMILES string of the molecule is Cc1nc(N[C@H](C)c2cccc(C(F)(F)CO)c2)c2cc(C3CCOCC3)c3nncn3c2n1. The highest BCUT2D eigenvalue weighted by atomic mass is 19.3. The lowest BCUT2D eigenvalue weighted by atomic mass is 9.91. The maximum Gasteiger partial charge on any atom is 0.295 e. The number of nitrogens with zero attached hydrogens (tertiary/aromatic N) is 5. The Hall–Kier alpha value is -3.24. The zero-order valence-electron chi connectivity index (χ0n) is 19.0. The number of halogens is 2. The van der Waals surface area contributed by atoms with Gasteiger partial charge in [0.25, 0.3) is 5.92 Å². The number of alkyl halides is 2. The second kappa shape index (κ2) is 8.84. The van der Waals surface area contributed by atoms with Gasteiger partial charge in [-0.3, -0.25) is 4.40 Å². The molecule has 0 saturated carbocycles. The number of hydrogen-bond donors (Lipinski definition) is 2. The van der Waals surface area contributed by atoms with E-state index in [4.69, 9.17) is 9.84 Å². The number of pyridine rings is 1. The molecule has 5 rings (SSSR count). The van der Waals surface area contributed by atoms with E-state index in [1.165, 1.54) is 12.1 Å². The van der Waals surface area contributed by atoms with Crippen molar-refractivity contribution in [2.45, 2.75) is 44.6 Å². The molecule has 0 spiro atoms. The fourth-order valence-corrected chi connectivity index (χ4v) is 4.52. The van der Waals surface area contributed by atoms with E-state index in [9.17, 15) is 8.78 Å². The van der Waals surface area contributed by atoms with Crippen LogP contribution in [0, 0.1) is 6.92 Å². The lowest BCUT2D eigenvalue weighted by Gasteiger charge is -2.24. The maximum atomic E-state index is 14.0. The fraction of sp³-hybridized carbons (Fsp3) is 0.417. The van der Waals surface area contributed by atoms with Gasteiger partial charge in [0.1, 0.15) is 24.6 Å². The third kappa shape index (κ3) is 4.07. The molecule has 0 bridgehead atoms. The van der Waals surface area contributed by atoms with Crippen LogP contribution >= 0.6 is 0 Å². The second-order valence-electron chi connectivity index (χ2n) is 8.72. The van der Waals surface area contributed by atoms with Crippen molar-refractivity contribution in [2.75, 3.05) is 25.1 Å². The predicted molar refractivity (Wildman–Crippen MR) is 123 cm³/mol. The van der Waals surface area contributed by atoms with Crippen LogP contribution in [0.3, 0.4) is 0 Å². The molecule has 1 saturated heterocycles. The number of hydrogen-bond acceptors (Lipinski definition) is 7. The predicted octanol–water partition coefficient (Wildman–Crippen LogP) is 4.13. The van der Waals surface area contributed by atoms with Gasteiger partial charge in [-0.1, -0.05) is 18.2 Å². The Balaban J connectivity index is 1.58. The molecule has 1 aromatic carbocycles. The van der Waals surface area contributed by atoms with E-state index >= 15 is 0 Å². The van der Waals surface area contributed by atoms with E-state index in [0.29, 0.717) is 36.1 Å². The molecule has 1 atom stereocenters. The molecule has 4 heterocycles. The summed E-state index contributed by atoms with van der Waals surface area (Å²) in [5.74, 6) is -1.84. The largest absolute Gasteiger partial charge is 0.390 e. The second-order valence-corrected chi connectivity index (χ2v) is 8.72. The number of aryl methyl sites for hydroxylation is 1. The highest BCUT2D eigenvalue weighted by Crippen LogP contribution is 2.35. The number of ether oxygens (including phenoxy) is 1. The van der Waals surface area contributed by atoms with Crippen molar-refractivity contribution in [3.05, 3.63) is 59.2 Å². The van der Waals surface area contributed by atoms with E-state index in [1.54, 1.807) is 25.4 Å². The van der Waals surface area contributed by atoms with Crippen LogP contribution in [-0.2, 0) is 10.7 Å². The summed E-state index contributed by atoms with van der Waals surface area (Å²) in [6.07, 6.45) is 3.44. The first-order valence-electron chi connectivity index (χ1n) is 11.3. The van der Waals surface area contributed by atoms with Crippen LogP contribution in [0.15, 0.2) is 36.7 Å². The fourth-order valence-electron chi connectivity index (χ4n) is 4.52. The minimum Gasteiger partial charge on any atom is -0.390 e. The Morgan fingerprint density at radius 3 is 2.76 bits per heavy atom. The summed E-state index contributed by atoms with van der Waals surface area (Å²) in [5.41, 5.74) is 2.96. The lowest BCUT2D eigenvalue weighted by Crippen LogP contribution is -2.19. The molecule has 178 valence electrons. The summed E-state index contributed by atoms with van der Waals surface area (Å²) in [6, 6.07) is 7.82. The summed E-state index contributed by atoms with van der Waals surface area (Å²) in [6.45, 7) is 3.85. The van der Waals surface area contributed by atoms with Gasteiger partial charge in [0.05, 0.1) is 5.39 Å².